The first-order chi connectivity index (χ1) is 12.5. The number of rotatable bonds is 3. The van der Waals surface area contributed by atoms with E-state index in [2.05, 4.69) is 20.4 Å². The zero-order valence-electron chi connectivity index (χ0n) is 14.8. The quantitative estimate of drug-likeness (QED) is 0.774. The summed E-state index contributed by atoms with van der Waals surface area (Å²) >= 11 is 0. The zero-order valence-corrected chi connectivity index (χ0v) is 14.8. The largest absolute Gasteiger partial charge is 0.486 e. The van der Waals surface area contributed by atoms with Gasteiger partial charge in [-0.25, -0.2) is 9.50 Å². The van der Waals surface area contributed by atoms with Crippen molar-refractivity contribution in [3.05, 3.63) is 47.0 Å². The Bertz CT molecular complexity index is 998. The average molecular weight is 353 g/mol. The van der Waals surface area contributed by atoms with Crippen molar-refractivity contribution in [3.8, 4) is 11.5 Å². The minimum Gasteiger partial charge on any atom is -0.486 e. The summed E-state index contributed by atoms with van der Waals surface area (Å²) < 4.78 is 12.7. The highest BCUT2D eigenvalue weighted by molar-refractivity contribution is 5.91. The normalized spacial score (nSPS) is 14.3. The van der Waals surface area contributed by atoms with Gasteiger partial charge in [-0.3, -0.25) is 4.79 Å². The number of carbonyl (C=O) groups is 1. The van der Waals surface area contributed by atoms with Crippen LogP contribution in [0.4, 0.5) is 0 Å². The van der Waals surface area contributed by atoms with E-state index in [0.29, 0.717) is 24.7 Å². The van der Waals surface area contributed by atoms with Gasteiger partial charge in [-0.15, -0.1) is 5.10 Å². The summed E-state index contributed by atoms with van der Waals surface area (Å²) in [6.07, 6.45) is 0. The molecule has 0 radical (unpaired) electrons. The third-order valence-electron chi connectivity index (χ3n) is 4.24. The number of nitrogens with zero attached hydrogens (tertiary/aromatic N) is 4. The number of ether oxygens (including phenoxy) is 2. The summed E-state index contributed by atoms with van der Waals surface area (Å²) in [4.78, 5) is 21.1. The number of aromatic nitrogens is 4. The molecular weight excluding hydrogens is 334 g/mol. The van der Waals surface area contributed by atoms with Gasteiger partial charge in [-0.2, -0.15) is 4.98 Å². The smallest absolute Gasteiger partial charge is 0.291 e. The molecule has 26 heavy (non-hydrogen) atoms. The van der Waals surface area contributed by atoms with Crippen LogP contribution < -0.4 is 14.8 Å². The van der Waals surface area contributed by atoms with Gasteiger partial charge in [-0.05, 0) is 44.5 Å². The fourth-order valence-corrected chi connectivity index (χ4v) is 2.94. The molecule has 4 rings (SSSR count). The monoisotopic (exact) mass is 353 g/mol. The Morgan fingerprint density at radius 2 is 1.92 bits per heavy atom. The van der Waals surface area contributed by atoms with Gasteiger partial charge in [0.1, 0.15) is 13.2 Å². The third kappa shape index (κ3) is 2.94. The lowest BCUT2D eigenvalue weighted by Gasteiger charge is -2.20. The first-order valence-corrected chi connectivity index (χ1v) is 8.43. The topological polar surface area (TPSA) is 90.6 Å². The molecule has 1 amide bonds. The van der Waals surface area contributed by atoms with E-state index in [4.69, 9.17) is 9.47 Å². The van der Waals surface area contributed by atoms with Crippen molar-refractivity contribution in [2.45, 2.75) is 26.8 Å². The molecule has 0 aliphatic carbocycles. The Morgan fingerprint density at radius 1 is 1.15 bits per heavy atom. The molecule has 0 spiro atoms. The molecule has 1 N–H and O–H groups in total. The molecular formula is C18H19N5O3. The molecule has 8 heteroatoms. The van der Waals surface area contributed by atoms with E-state index in [-0.39, 0.29) is 17.8 Å². The first kappa shape index (κ1) is 16.3. The van der Waals surface area contributed by atoms with Gasteiger partial charge in [0.2, 0.25) is 5.82 Å². The van der Waals surface area contributed by atoms with E-state index in [1.807, 2.05) is 45.0 Å². The van der Waals surface area contributed by atoms with Crippen molar-refractivity contribution in [2.75, 3.05) is 13.2 Å². The van der Waals surface area contributed by atoms with E-state index < -0.39 is 0 Å². The van der Waals surface area contributed by atoms with Crippen molar-refractivity contribution < 1.29 is 14.3 Å². The van der Waals surface area contributed by atoms with Crippen molar-refractivity contribution in [1.29, 1.82) is 0 Å². The predicted molar refractivity (Wildman–Crippen MR) is 93.6 cm³/mol. The van der Waals surface area contributed by atoms with Crippen LogP contribution in [0.25, 0.3) is 5.78 Å². The Balaban J connectivity index is 1.55. The van der Waals surface area contributed by atoms with Gasteiger partial charge in [0, 0.05) is 11.4 Å². The molecule has 134 valence electrons. The molecule has 1 aliphatic heterocycles. The van der Waals surface area contributed by atoms with Gasteiger partial charge in [0.05, 0.1) is 6.04 Å². The lowest BCUT2D eigenvalue weighted by Crippen LogP contribution is -2.28. The minimum absolute atomic E-state index is 0.0931. The maximum atomic E-state index is 12.5. The Labute approximate surface area is 150 Å². The number of benzene rings is 1. The average Bonchev–Trinajstić information content (AvgIpc) is 3.05. The van der Waals surface area contributed by atoms with Gasteiger partial charge in [0.15, 0.2) is 11.5 Å². The highest BCUT2D eigenvalue weighted by Crippen LogP contribution is 2.32. The van der Waals surface area contributed by atoms with Crippen LogP contribution in [-0.4, -0.2) is 38.7 Å². The molecule has 3 aromatic rings. The van der Waals surface area contributed by atoms with Gasteiger partial charge in [0.25, 0.3) is 11.7 Å². The molecule has 2 aromatic heterocycles. The van der Waals surface area contributed by atoms with Crippen LogP contribution in [0.3, 0.4) is 0 Å². The zero-order chi connectivity index (χ0) is 18.3. The van der Waals surface area contributed by atoms with E-state index in [0.717, 1.165) is 22.7 Å². The second-order valence-electron chi connectivity index (χ2n) is 6.28. The van der Waals surface area contributed by atoms with E-state index in [1.54, 1.807) is 4.52 Å². The number of nitrogens with one attached hydrogen (secondary N) is 1. The molecule has 1 atom stereocenters. The maximum absolute atomic E-state index is 12.5. The second-order valence-corrected chi connectivity index (χ2v) is 6.28. The number of amides is 1. The van der Waals surface area contributed by atoms with Crippen LogP contribution >= 0.6 is 0 Å². The van der Waals surface area contributed by atoms with Crippen molar-refractivity contribution in [1.82, 2.24) is 24.9 Å². The summed E-state index contributed by atoms with van der Waals surface area (Å²) in [7, 11) is 0. The van der Waals surface area contributed by atoms with Crippen LogP contribution in [0.5, 0.6) is 11.5 Å². The van der Waals surface area contributed by atoms with Gasteiger partial charge >= 0.3 is 0 Å². The van der Waals surface area contributed by atoms with Crippen LogP contribution in [0.1, 0.15) is 40.5 Å². The highest BCUT2D eigenvalue weighted by Gasteiger charge is 2.19. The minimum atomic E-state index is -0.352. The third-order valence-corrected chi connectivity index (χ3v) is 4.24. The standard InChI is InChI=1S/C18H19N5O3/c1-10-8-11(2)23-18(19-10)21-16(22-23)17(24)20-12(3)13-4-5-14-15(9-13)26-7-6-25-14/h4-5,8-9,12H,6-7H2,1-3H3,(H,20,24). The predicted octanol–water partition coefficient (Wildman–Crippen LogP) is 2.00. The van der Waals surface area contributed by atoms with E-state index in [9.17, 15) is 4.79 Å². The lowest BCUT2D eigenvalue weighted by atomic mass is 10.1. The van der Waals surface area contributed by atoms with E-state index >= 15 is 0 Å². The fraction of sp³-hybridized carbons (Fsp3) is 0.333. The SMILES string of the molecule is Cc1cc(C)n2nc(C(=O)NC(C)c3ccc4c(c3)OCCO4)nc2n1. The summed E-state index contributed by atoms with van der Waals surface area (Å²) in [5.74, 6) is 1.57. The van der Waals surface area contributed by atoms with Gasteiger partial charge < -0.3 is 14.8 Å². The van der Waals surface area contributed by atoms with Crippen molar-refractivity contribution in [2.24, 2.45) is 0 Å². The van der Waals surface area contributed by atoms with Crippen LogP contribution in [0, 0.1) is 13.8 Å². The molecule has 1 unspecified atom stereocenters. The molecule has 0 saturated carbocycles. The van der Waals surface area contributed by atoms with Crippen LogP contribution in [-0.2, 0) is 0 Å². The number of carbonyl (C=O) groups excluding carboxylic acids is 1. The first-order valence-electron chi connectivity index (χ1n) is 8.43. The van der Waals surface area contributed by atoms with E-state index in [1.165, 1.54) is 0 Å². The summed E-state index contributed by atoms with van der Waals surface area (Å²) in [6, 6.07) is 7.30. The van der Waals surface area contributed by atoms with Crippen LogP contribution in [0.15, 0.2) is 24.3 Å². The number of hydrogen-bond donors (Lipinski definition) is 1. The Morgan fingerprint density at radius 3 is 2.73 bits per heavy atom. The molecule has 8 nitrogen and oxygen atoms in total. The number of fused-ring (bicyclic) bond motifs is 2. The molecule has 1 aliphatic rings. The Kier molecular flexibility index (Phi) is 3.95. The highest BCUT2D eigenvalue weighted by atomic mass is 16.6. The number of aryl methyl sites for hydroxylation is 2. The summed E-state index contributed by atoms with van der Waals surface area (Å²) in [5.41, 5.74) is 2.62. The molecule has 0 fully saturated rings. The van der Waals surface area contributed by atoms with Gasteiger partial charge in [-0.1, -0.05) is 6.07 Å². The lowest BCUT2D eigenvalue weighted by molar-refractivity contribution is 0.0929. The Hall–Kier alpha value is -3.16. The fourth-order valence-electron chi connectivity index (χ4n) is 2.94. The molecule has 0 saturated heterocycles. The van der Waals surface area contributed by atoms with Crippen molar-refractivity contribution >= 4 is 11.7 Å². The molecule has 1 aromatic carbocycles. The number of hydrogen-bond acceptors (Lipinski definition) is 6. The summed E-state index contributed by atoms with van der Waals surface area (Å²) in [5, 5.41) is 7.17. The molecule has 3 heterocycles. The molecule has 0 bridgehead atoms. The van der Waals surface area contributed by atoms with Crippen molar-refractivity contribution in [3.63, 3.8) is 0 Å². The van der Waals surface area contributed by atoms with Crippen LogP contribution in [0.2, 0.25) is 0 Å². The second kappa shape index (κ2) is 6.29. The maximum Gasteiger partial charge on any atom is 0.291 e. The summed E-state index contributed by atoms with van der Waals surface area (Å²) in [6.45, 7) is 6.74.